The van der Waals surface area contributed by atoms with E-state index in [9.17, 15) is 4.79 Å². The van der Waals surface area contributed by atoms with Crippen LogP contribution in [0, 0.1) is 0 Å². The smallest absolute Gasteiger partial charge is 0.410 e. The fraction of sp³-hybridized carbons (Fsp3) is 0.625. The van der Waals surface area contributed by atoms with Gasteiger partial charge in [0.2, 0.25) is 5.11 Å². The van der Waals surface area contributed by atoms with Crippen LogP contribution in [0.2, 0.25) is 0 Å². The van der Waals surface area contributed by atoms with Gasteiger partial charge in [0.15, 0.2) is 0 Å². The summed E-state index contributed by atoms with van der Waals surface area (Å²) in [5, 5.41) is 10.4. The van der Waals surface area contributed by atoms with Gasteiger partial charge in [-0.2, -0.15) is 0 Å². The number of hydrogen-bond donors (Lipinski definition) is 2. The van der Waals surface area contributed by atoms with Crippen LogP contribution in [0.3, 0.4) is 0 Å². The minimum atomic E-state index is -1.19. The molecule has 0 rings (SSSR count). The minimum absolute atomic E-state index is 0.0260. The number of hydrogen-bond acceptors (Lipinski definition) is 2. The summed E-state index contributed by atoms with van der Waals surface area (Å²) in [6.45, 7) is 7.43. The van der Waals surface area contributed by atoms with E-state index in [1.807, 2.05) is 24.1 Å². The Kier molecular flexibility index (Phi) is 5.78. The number of amidine groups is 1. The molecule has 14 heavy (non-hydrogen) atoms. The van der Waals surface area contributed by atoms with Crippen LogP contribution in [0.1, 0.15) is 20.8 Å². The van der Waals surface area contributed by atoms with Crippen molar-refractivity contribution in [3.8, 4) is 0 Å². The highest BCUT2D eigenvalue weighted by Gasteiger charge is 2.04. The third-order valence-corrected chi connectivity index (χ3v) is 1.89. The Morgan fingerprint density at radius 1 is 1.50 bits per heavy atom. The third-order valence-electron chi connectivity index (χ3n) is 1.70. The molecule has 0 saturated carbocycles. The molecule has 0 aliphatic carbocycles. The summed E-state index contributed by atoms with van der Waals surface area (Å²) in [5.41, 5.74) is 0. The van der Waals surface area contributed by atoms with Crippen LogP contribution in [-0.2, 0) is 0 Å². The molecule has 1 amide bonds. The van der Waals surface area contributed by atoms with Crippen molar-refractivity contribution < 1.29 is 9.90 Å². The SMILES string of the molecule is CCN(CC)C(C)=NC(=S)NC(=O)O. The second kappa shape index (κ2) is 6.31. The molecule has 0 aromatic rings. The van der Waals surface area contributed by atoms with Crippen molar-refractivity contribution in [3.63, 3.8) is 0 Å². The van der Waals surface area contributed by atoms with Crippen molar-refractivity contribution in [3.05, 3.63) is 0 Å². The summed E-state index contributed by atoms with van der Waals surface area (Å²) in [7, 11) is 0. The lowest BCUT2D eigenvalue weighted by molar-refractivity contribution is 0.200. The number of rotatable bonds is 2. The zero-order valence-corrected chi connectivity index (χ0v) is 9.39. The Morgan fingerprint density at radius 2 is 2.00 bits per heavy atom. The normalized spacial score (nSPS) is 10.9. The third kappa shape index (κ3) is 4.76. The lowest BCUT2D eigenvalue weighted by Gasteiger charge is -2.19. The molecule has 0 aliphatic rings. The first-order chi connectivity index (χ1) is 6.51. The molecule has 0 heterocycles. The molecule has 2 N–H and O–H groups in total. The van der Waals surface area contributed by atoms with Gasteiger partial charge in [0, 0.05) is 13.1 Å². The molecular weight excluding hydrogens is 202 g/mol. The molecule has 5 nitrogen and oxygen atoms in total. The number of thiocarbonyl (C=S) groups is 1. The quantitative estimate of drug-likeness (QED) is 0.416. The Morgan fingerprint density at radius 3 is 2.36 bits per heavy atom. The lowest BCUT2D eigenvalue weighted by atomic mass is 10.5. The first-order valence-electron chi connectivity index (χ1n) is 4.35. The zero-order valence-electron chi connectivity index (χ0n) is 8.57. The van der Waals surface area contributed by atoms with E-state index in [4.69, 9.17) is 17.3 Å². The molecule has 0 radical (unpaired) electrons. The average molecular weight is 217 g/mol. The molecule has 0 unspecified atom stereocenters. The van der Waals surface area contributed by atoms with E-state index < -0.39 is 6.09 Å². The van der Waals surface area contributed by atoms with E-state index in [2.05, 4.69) is 4.99 Å². The van der Waals surface area contributed by atoms with E-state index in [-0.39, 0.29) is 5.11 Å². The maximum Gasteiger partial charge on any atom is 0.410 e. The molecule has 0 spiro atoms. The zero-order chi connectivity index (χ0) is 11.1. The van der Waals surface area contributed by atoms with E-state index in [1.54, 1.807) is 6.92 Å². The first-order valence-corrected chi connectivity index (χ1v) is 4.76. The Labute approximate surface area is 88.8 Å². The summed E-state index contributed by atoms with van der Waals surface area (Å²) in [6.07, 6.45) is -1.19. The Bertz CT molecular complexity index is 249. The highest BCUT2D eigenvalue weighted by Crippen LogP contribution is 1.91. The van der Waals surface area contributed by atoms with Crippen LogP contribution in [0.4, 0.5) is 4.79 Å². The van der Waals surface area contributed by atoms with Crippen molar-refractivity contribution in [2.45, 2.75) is 20.8 Å². The van der Waals surface area contributed by atoms with Gasteiger partial charge >= 0.3 is 6.09 Å². The van der Waals surface area contributed by atoms with Gasteiger partial charge in [-0.15, -0.1) is 0 Å². The predicted molar refractivity (Wildman–Crippen MR) is 59.8 cm³/mol. The minimum Gasteiger partial charge on any atom is -0.465 e. The van der Waals surface area contributed by atoms with Gasteiger partial charge in [0.1, 0.15) is 5.84 Å². The second-order valence-corrected chi connectivity index (χ2v) is 2.95. The van der Waals surface area contributed by atoms with Gasteiger partial charge in [-0.25, -0.2) is 9.79 Å². The number of carboxylic acid groups (broad SMARTS) is 1. The highest BCUT2D eigenvalue weighted by atomic mass is 32.1. The number of aliphatic imine (C=N–C) groups is 1. The van der Waals surface area contributed by atoms with E-state index >= 15 is 0 Å². The van der Waals surface area contributed by atoms with Crippen molar-refractivity contribution in [2.75, 3.05) is 13.1 Å². The van der Waals surface area contributed by atoms with Gasteiger partial charge in [-0.1, -0.05) is 0 Å². The van der Waals surface area contributed by atoms with Crippen molar-refractivity contribution in [1.29, 1.82) is 0 Å². The molecule has 0 saturated heterocycles. The Hall–Kier alpha value is -1.17. The van der Waals surface area contributed by atoms with Crippen LogP contribution in [0.25, 0.3) is 0 Å². The van der Waals surface area contributed by atoms with Crippen LogP contribution >= 0.6 is 12.2 Å². The summed E-state index contributed by atoms with van der Waals surface area (Å²) >= 11 is 4.72. The Balaban J connectivity index is 4.34. The summed E-state index contributed by atoms with van der Waals surface area (Å²) in [6, 6.07) is 0. The topological polar surface area (TPSA) is 64.9 Å². The average Bonchev–Trinajstić information content (AvgIpc) is 2.04. The number of nitrogens with one attached hydrogen (secondary N) is 1. The fourth-order valence-corrected chi connectivity index (χ4v) is 1.24. The maximum absolute atomic E-state index is 10.2. The molecule has 0 fully saturated rings. The highest BCUT2D eigenvalue weighted by molar-refractivity contribution is 7.80. The molecular formula is C8H15N3O2S. The van der Waals surface area contributed by atoms with Crippen molar-refractivity contribution in [1.82, 2.24) is 10.2 Å². The van der Waals surface area contributed by atoms with Gasteiger partial charge in [-0.3, -0.25) is 5.32 Å². The summed E-state index contributed by atoms with van der Waals surface area (Å²) in [5.74, 6) is 0.716. The number of amides is 1. The van der Waals surface area contributed by atoms with Crippen LogP contribution in [0.15, 0.2) is 4.99 Å². The predicted octanol–water partition coefficient (Wildman–Crippen LogP) is 1.30. The molecule has 0 aliphatic heterocycles. The van der Waals surface area contributed by atoms with E-state index in [0.29, 0.717) is 5.84 Å². The summed E-state index contributed by atoms with van der Waals surface area (Å²) in [4.78, 5) is 16.1. The molecule has 6 heteroatoms. The van der Waals surface area contributed by atoms with Crippen molar-refractivity contribution >= 4 is 29.3 Å². The summed E-state index contributed by atoms with van der Waals surface area (Å²) < 4.78 is 0. The van der Waals surface area contributed by atoms with Gasteiger partial charge in [0.25, 0.3) is 0 Å². The standard InChI is InChI=1S/C8H15N3O2S/c1-4-11(5-2)6(3)9-7(14)10-8(12)13/h4-5H2,1-3H3,(H,10,14)(H,12,13). The van der Waals surface area contributed by atoms with E-state index in [0.717, 1.165) is 13.1 Å². The largest absolute Gasteiger partial charge is 0.465 e. The maximum atomic E-state index is 10.2. The van der Waals surface area contributed by atoms with Gasteiger partial charge in [-0.05, 0) is 33.0 Å². The molecule has 0 aromatic carbocycles. The number of carbonyl (C=O) groups is 1. The van der Waals surface area contributed by atoms with Crippen LogP contribution in [-0.4, -0.2) is 40.1 Å². The van der Waals surface area contributed by atoms with Crippen LogP contribution in [0.5, 0.6) is 0 Å². The number of nitrogens with zero attached hydrogens (tertiary/aromatic N) is 2. The monoisotopic (exact) mass is 217 g/mol. The molecule has 0 atom stereocenters. The fourth-order valence-electron chi connectivity index (χ4n) is 1.02. The van der Waals surface area contributed by atoms with E-state index in [1.165, 1.54) is 0 Å². The first kappa shape index (κ1) is 12.8. The second-order valence-electron chi connectivity index (χ2n) is 2.57. The van der Waals surface area contributed by atoms with Gasteiger partial charge < -0.3 is 10.0 Å². The lowest BCUT2D eigenvalue weighted by Crippen LogP contribution is -2.32. The molecule has 0 bridgehead atoms. The molecule has 0 aromatic heterocycles. The molecule has 80 valence electrons. The van der Waals surface area contributed by atoms with Gasteiger partial charge in [0.05, 0.1) is 0 Å². The van der Waals surface area contributed by atoms with Crippen LogP contribution < -0.4 is 5.32 Å². The van der Waals surface area contributed by atoms with Crippen molar-refractivity contribution in [2.24, 2.45) is 4.99 Å².